The lowest BCUT2D eigenvalue weighted by Gasteiger charge is -2.27. The van der Waals surface area contributed by atoms with Gasteiger partial charge in [0.25, 0.3) is 0 Å². The van der Waals surface area contributed by atoms with Crippen LogP contribution in [-0.2, 0) is 5.60 Å². The molecule has 0 aliphatic heterocycles. The van der Waals surface area contributed by atoms with Gasteiger partial charge in [-0.3, -0.25) is 0 Å². The molecule has 0 fully saturated rings. The van der Waals surface area contributed by atoms with Gasteiger partial charge in [0.15, 0.2) is 5.60 Å². The molecule has 0 radical (unpaired) electrons. The molecule has 0 spiro atoms. The van der Waals surface area contributed by atoms with Crippen molar-refractivity contribution in [3.8, 4) is 18.1 Å². The van der Waals surface area contributed by atoms with Gasteiger partial charge < -0.3 is 9.84 Å². The summed E-state index contributed by atoms with van der Waals surface area (Å²) in [6.07, 6.45) is 13.1. The Kier molecular flexibility index (Phi) is 3.55. The van der Waals surface area contributed by atoms with E-state index in [0.29, 0.717) is 5.56 Å². The van der Waals surface area contributed by atoms with E-state index >= 15 is 0 Å². The number of ether oxygens (including phenoxy) is 1. The van der Waals surface area contributed by atoms with Gasteiger partial charge in [-0.05, 0) is 30.5 Å². The lowest BCUT2D eigenvalue weighted by Crippen LogP contribution is -2.26. The first kappa shape index (κ1) is 12.5. The fourth-order valence-corrected chi connectivity index (χ4v) is 2.10. The SMILES string of the molecule is C#CC(O)(C1=CC=CCC1)c1ccc(OC)cc1. The monoisotopic (exact) mass is 240 g/mol. The predicted molar refractivity (Wildman–Crippen MR) is 72.2 cm³/mol. The summed E-state index contributed by atoms with van der Waals surface area (Å²) in [4.78, 5) is 0. The average molecular weight is 240 g/mol. The van der Waals surface area contributed by atoms with Crippen LogP contribution in [0.25, 0.3) is 0 Å². The Bertz CT molecular complexity index is 517. The van der Waals surface area contributed by atoms with Gasteiger partial charge in [0.1, 0.15) is 5.75 Å². The van der Waals surface area contributed by atoms with Gasteiger partial charge in [-0.1, -0.05) is 36.3 Å². The van der Waals surface area contributed by atoms with Gasteiger partial charge in [0.2, 0.25) is 0 Å². The van der Waals surface area contributed by atoms with E-state index in [2.05, 4.69) is 12.0 Å². The van der Waals surface area contributed by atoms with Crippen molar-refractivity contribution in [3.05, 3.63) is 53.6 Å². The molecule has 1 N–H and O–H groups in total. The van der Waals surface area contributed by atoms with E-state index in [-0.39, 0.29) is 0 Å². The van der Waals surface area contributed by atoms with Crippen LogP contribution in [0, 0.1) is 12.3 Å². The average Bonchev–Trinajstić information content (AvgIpc) is 2.47. The van der Waals surface area contributed by atoms with Gasteiger partial charge in [-0.2, -0.15) is 0 Å². The van der Waals surface area contributed by atoms with Crippen molar-refractivity contribution in [2.45, 2.75) is 18.4 Å². The highest BCUT2D eigenvalue weighted by atomic mass is 16.5. The van der Waals surface area contributed by atoms with Gasteiger partial charge in [-0.25, -0.2) is 0 Å². The normalized spacial score (nSPS) is 17.5. The number of aliphatic hydroxyl groups is 1. The van der Waals surface area contributed by atoms with Gasteiger partial charge in [-0.15, -0.1) is 6.42 Å². The van der Waals surface area contributed by atoms with Gasteiger partial charge >= 0.3 is 0 Å². The highest BCUT2D eigenvalue weighted by Gasteiger charge is 2.31. The minimum atomic E-state index is -1.32. The number of methoxy groups -OCH3 is 1. The number of rotatable bonds is 3. The second kappa shape index (κ2) is 5.12. The number of allylic oxidation sites excluding steroid dienone is 3. The maximum atomic E-state index is 10.7. The van der Waals surface area contributed by atoms with E-state index < -0.39 is 5.60 Å². The summed E-state index contributed by atoms with van der Waals surface area (Å²) in [5, 5.41) is 10.7. The molecule has 1 aromatic carbocycles. The molecule has 1 unspecified atom stereocenters. The molecule has 0 bridgehead atoms. The summed E-state index contributed by atoms with van der Waals surface area (Å²) in [7, 11) is 1.61. The summed E-state index contributed by atoms with van der Waals surface area (Å²) in [5.41, 5.74) is 0.238. The minimum Gasteiger partial charge on any atom is -0.497 e. The molecular formula is C16H16O2. The molecule has 2 nitrogen and oxygen atoms in total. The predicted octanol–water partition coefficient (Wildman–Crippen LogP) is 2.79. The Morgan fingerprint density at radius 3 is 2.56 bits per heavy atom. The summed E-state index contributed by atoms with van der Waals surface area (Å²) in [5.74, 6) is 3.26. The first-order valence-corrected chi connectivity index (χ1v) is 5.91. The Labute approximate surface area is 108 Å². The van der Waals surface area contributed by atoms with E-state index in [9.17, 15) is 5.11 Å². The minimum absolute atomic E-state index is 0.701. The van der Waals surface area contributed by atoms with Crippen molar-refractivity contribution in [1.82, 2.24) is 0 Å². The highest BCUT2D eigenvalue weighted by molar-refractivity contribution is 5.45. The lowest BCUT2D eigenvalue weighted by molar-refractivity contribution is 0.136. The Morgan fingerprint density at radius 2 is 2.06 bits per heavy atom. The van der Waals surface area contributed by atoms with E-state index in [1.54, 1.807) is 31.4 Å². The van der Waals surface area contributed by atoms with Crippen LogP contribution in [0.15, 0.2) is 48.1 Å². The first-order valence-electron chi connectivity index (χ1n) is 5.91. The topological polar surface area (TPSA) is 29.5 Å². The smallest absolute Gasteiger partial charge is 0.172 e. The van der Waals surface area contributed by atoms with Crippen molar-refractivity contribution in [2.75, 3.05) is 7.11 Å². The molecule has 0 aromatic heterocycles. The Hall–Kier alpha value is -1.98. The van der Waals surface area contributed by atoms with Crippen molar-refractivity contribution < 1.29 is 9.84 Å². The zero-order valence-corrected chi connectivity index (χ0v) is 10.4. The quantitative estimate of drug-likeness (QED) is 0.823. The van der Waals surface area contributed by atoms with Crippen molar-refractivity contribution in [1.29, 1.82) is 0 Å². The van der Waals surface area contributed by atoms with Crippen LogP contribution in [0.4, 0.5) is 0 Å². The fourth-order valence-electron chi connectivity index (χ4n) is 2.10. The second-order valence-corrected chi connectivity index (χ2v) is 4.24. The van der Waals surface area contributed by atoms with Crippen LogP contribution in [-0.4, -0.2) is 12.2 Å². The largest absolute Gasteiger partial charge is 0.497 e. The zero-order chi connectivity index (χ0) is 13.0. The molecule has 1 aliphatic rings. The zero-order valence-electron chi connectivity index (χ0n) is 10.4. The molecule has 18 heavy (non-hydrogen) atoms. The maximum absolute atomic E-state index is 10.7. The fraction of sp³-hybridized carbons (Fsp3) is 0.250. The third-order valence-electron chi connectivity index (χ3n) is 3.20. The molecule has 0 saturated carbocycles. The molecule has 92 valence electrons. The van der Waals surface area contributed by atoms with E-state index in [4.69, 9.17) is 11.2 Å². The van der Waals surface area contributed by atoms with Crippen LogP contribution in [0.2, 0.25) is 0 Å². The first-order chi connectivity index (χ1) is 8.70. The van der Waals surface area contributed by atoms with Crippen molar-refractivity contribution in [3.63, 3.8) is 0 Å². The summed E-state index contributed by atoms with van der Waals surface area (Å²) >= 11 is 0. The molecular weight excluding hydrogens is 224 g/mol. The Balaban J connectivity index is 2.40. The van der Waals surface area contributed by atoms with Gasteiger partial charge in [0, 0.05) is 5.56 Å². The van der Waals surface area contributed by atoms with Crippen LogP contribution >= 0.6 is 0 Å². The van der Waals surface area contributed by atoms with Crippen LogP contribution in [0.5, 0.6) is 5.75 Å². The second-order valence-electron chi connectivity index (χ2n) is 4.24. The molecule has 0 amide bonds. The summed E-state index contributed by atoms with van der Waals surface area (Å²) in [6.45, 7) is 0. The lowest BCUT2D eigenvalue weighted by atomic mass is 9.83. The molecule has 2 heteroatoms. The summed E-state index contributed by atoms with van der Waals surface area (Å²) < 4.78 is 5.10. The third-order valence-corrected chi connectivity index (χ3v) is 3.20. The summed E-state index contributed by atoms with van der Waals surface area (Å²) in [6, 6.07) is 7.21. The van der Waals surface area contributed by atoms with E-state index in [1.807, 2.05) is 12.2 Å². The number of hydrogen-bond donors (Lipinski definition) is 1. The van der Waals surface area contributed by atoms with Crippen LogP contribution in [0.3, 0.4) is 0 Å². The van der Waals surface area contributed by atoms with E-state index in [1.165, 1.54) is 0 Å². The molecule has 1 atom stereocenters. The highest BCUT2D eigenvalue weighted by Crippen LogP contribution is 2.34. The Morgan fingerprint density at radius 1 is 1.33 bits per heavy atom. The molecule has 1 aliphatic carbocycles. The number of terminal acetylenes is 1. The van der Waals surface area contributed by atoms with Crippen molar-refractivity contribution in [2.24, 2.45) is 0 Å². The molecule has 0 heterocycles. The number of benzene rings is 1. The van der Waals surface area contributed by atoms with E-state index in [0.717, 1.165) is 24.2 Å². The number of hydrogen-bond acceptors (Lipinski definition) is 2. The standard InChI is InChI=1S/C16H16O2/c1-3-16(17,13-7-5-4-6-8-13)14-9-11-15(18-2)12-10-14/h1,4-5,7,9-12,17H,6,8H2,2H3. The van der Waals surface area contributed by atoms with Crippen LogP contribution < -0.4 is 4.74 Å². The maximum Gasteiger partial charge on any atom is 0.172 e. The van der Waals surface area contributed by atoms with Crippen LogP contribution in [0.1, 0.15) is 18.4 Å². The molecule has 2 rings (SSSR count). The van der Waals surface area contributed by atoms with Gasteiger partial charge in [0.05, 0.1) is 7.11 Å². The molecule has 0 saturated heterocycles. The third kappa shape index (κ3) is 2.18. The van der Waals surface area contributed by atoms with Crippen molar-refractivity contribution >= 4 is 0 Å². The molecule has 1 aromatic rings.